The normalized spacial score (nSPS) is 13.2. The van der Waals surface area contributed by atoms with Gasteiger partial charge in [-0.3, -0.25) is 4.57 Å². The zero-order valence-electron chi connectivity index (χ0n) is 15.7. The van der Waals surface area contributed by atoms with E-state index in [0.29, 0.717) is 11.4 Å². The fourth-order valence-electron chi connectivity index (χ4n) is 2.59. The highest BCUT2D eigenvalue weighted by Gasteiger charge is 2.39. The fourth-order valence-corrected chi connectivity index (χ4v) is 4.90. The largest absolute Gasteiger partial charge is 0.399 e. The molecular formula is C19H28N3O3P. The Morgan fingerprint density at radius 3 is 1.92 bits per heavy atom. The van der Waals surface area contributed by atoms with Crippen molar-refractivity contribution in [1.82, 2.24) is 0 Å². The standard InChI is InChI=1S/C19H28N3O3P/c1-13(2)24-26(23,25-14(3)4)19(15-7-5-8-16(20)11-15)22-18-10-6-9-17(21)12-18/h5-14,19,22H,20-21H2,1-4H3/t19-/m1/s1. The smallest absolute Gasteiger partial charge is 0.357 e. The zero-order chi connectivity index (χ0) is 19.3. The molecule has 2 aromatic rings. The van der Waals surface area contributed by atoms with Gasteiger partial charge in [0.05, 0.1) is 12.2 Å². The van der Waals surface area contributed by atoms with Gasteiger partial charge in [0, 0.05) is 17.1 Å². The maximum absolute atomic E-state index is 13.8. The molecule has 7 heteroatoms. The van der Waals surface area contributed by atoms with Crippen LogP contribution < -0.4 is 16.8 Å². The first-order valence-corrected chi connectivity index (χ1v) is 10.2. The molecule has 5 N–H and O–H groups in total. The molecule has 0 unspecified atom stereocenters. The van der Waals surface area contributed by atoms with Crippen LogP contribution in [0.5, 0.6) is 0 Å². The second kappa shape index (κ2) is 8.58. The summed E-state index contributed by atoms with van der Waals surface area (Å²) < 4.78 is 25.4. The van der Waals surface area contributed by atoms with Crippen molar-refractivity contribution in [2.24, 2.45) is 0 Å². The summed E-state index contributed by atoms with van der Waals surface area (Å²) in [6, 6.07) is 14.4. The Morgan fingerprint density at radius 1 is 0.885 bits per heavy atom. The summed E-state index contributed by atoms with van der Waals surface area (Å²) in [5, 5.41) is 3.27. The molecule has 0 fully saturated rings. The predicted octanol–water partition coefficient (Wildman–Crippen LogP) is 5.00. The van der Waals surface area contributed by atoms with Gasteiger partial charge < -0.3 is 25.8 Å². The molecule has 6 nitrogen and oxygen atoms in total. The van der Waals surface area contributed by atoms with Crippen molar-refractivity contribution in [2.45, 2.75) is 45.7 Å². The first-order chi connectivity index (χ1) is 12.2. The minimum atomic E-state index is -3.57. The van der Waals surface area contributed by atoms with Crippen molar-refractivity contribution < 1.29 is 13.6 Å². The number of anilines is 3. The van der Waals surface area contributed by atoms with E-state index in [2.05, 4.69) is 5.32 Å². The number of benzene rings is 2. The van der Waals surface area contributed by atoms with Crippen LogP contribution in [0.15, 0.2) is 48.5 Å². The third-order valence-electron chi connectivity index (χ3n) is 3.45. The lowest BCUT2D eigenvalue weighted by Crippen LogP contribution is -2.19. The van der Waals surface area contributed by atoms with E-state index in [-0.39, 0.29) is 12.2 Å². The summed E-state index contributed by atoms with van der Waals surface area (Å²) in [4.78, 5) is 0. The van der Waals surface area contributed by atoms with Crippen LogP contribution in [0.2, 0.25) is 0 Å². The van der Waals surface area contributed by atoms with Crippen molar-refractivity contribution in [1.29, 1.82) is 0 Å². The van der Waals surface area contributed by atoms with Crippen LogP contribution in [-0.2, 0) is 13.6 Å². The fraction of sp³-hybridized carbons (Fsp3) is 0.368. The van der Waals surface area contributed by atoms with Crippen molar-refractivity contribution in [3.8, 4) is 0 Å². The van der Waals surface area contributed by atoms with Gasteiger partial charge in [-0.1, -0.05) is 18.2 Å². The highest BCUT2D eigenvalue weighted by molar-refractivity contribution is 7.54. The number of rotatable bonds is 8. The molecule has 0 aliphatic heterocycles. The van der Waals surface area contributed by atoms with Crippen LogP contribution >= 0.6 is 7.60 Å². The molecule has 0 aromatic heterocycles. The minimum Gasteiger partial charge on any atom is -0.399 e. The molecule has 0 heterocycles. The van der Waals surface area contributed by atoms with Crippen molar-refractivity contribution in [3.63, 3.8) is 0 Å². The Kier molecular flexibility index (Phi) is 6.70. The monoisotopic (exact) mass is 377 g/mol. The summed E-state index contributed by atoms with van der Waals surface area (Å²) >= 11 is 0. The third-order valence-corrected chi connectivity index (χ3v) is 5.94. The van der Waals surface area contributed by atoms with Crippen molar-refractivity contribution in [2.75, 3.05) is 16.8 Å². The van der Waals surface area contributed by atoms with Gasteiger partial charge in [0.1, 0.15) is 0 Å². The van der Waals surface area contributed by atoms with E-state index >= 15 is 0 Å². The lowest BCUT2D eigenvalue weighted by Gasteiger charge is -2.31. The van der Waals surface area contributed by atoms with Gasteiger partial charge in [-0.15, -0.1) is 0 Å². The van der Waals surface area contributed by atoms with E-state index in [9.17, 15) is 4.57 Å². The maximum atomic E-state index is 13.8. The molecular weight excluding hydrogens is 349 g/mol. The number of hydrogen-bond donors (Lipinski definition) is 3. The number of nitrogens with two attached hydrogens (primary N) is 2. The van der Waals surface area contributed by atoms with Crippen LogP contribution in [0.4, 0.5) is 17.1 Å². The molecule has 2 aromatic carbocycles. The van der Waals surface area contributed by atoms with E-state index in [1.807, 2.05) is 52.0 Å². The summed E-state index contributed by atoms with van der Waals surface area (Å²) in [6.45, 7) is 7.31. The van der Waals surface area contributed by atoms with E-state index in [4.69, 9.17) is 20.5 Å². The molecule has 142 valence electrons. The SMILES string of the molecule is CC(C)OP(=O)(OC(C)C)[C@@H](Nc1cccc(N)c1)c1cccc(N)c1. The second-order valence-corrected chi connectivity index (χ2v) is 8.71. The summed E-state index contributed by atoms with van der Waals surface area (Å²) in [5.41, 5.74) is 14.4. The molecule has 0 radical (unpaired) electrons. The molecule has 1 atom stereocenters. The molecule has 2 rings (SSSR count). The van der Waals surface area contributed by atoms with E-state index in [1.165, 1.54) is 0 Å². The predicted molar refractivity (Wildman–Crippen MR) is 108 cm³/mol. The second-order valence-electron chi connectivity index (χ2n) is 6.69. The topological polar surface area (TPSA) is 99.6 Å². The summed E-state index contributed by atoms with van der Waals surface area (Å²) in [5.74, 6) is -0.724. The van der Waals surface area contributed by atoms with Gasteiger partial charge in [0.2, 0.25) is 0 Å². The van der Waals surface area contributed by atoms with Gasteiger partial charge in [0.25, 0.3) is 0 Å². The van der Waals surface area contributed by atoms with Gasteiger partial charge in [-0.25, -0.2) is 0 Å². The van der Waals surface area contributed by atoms with Crippen LogP contribution in [0.1, 0.15) is 39.0 Å². The Labute approximate surface area is 155 Å². The highest BCUT2D eigenvalue weighted by Crippen LogP contribution is 2.62. The van der Waals surface area contributed by atoms with Crippen LogP contribution in [-0.4, -0.2) is 12.2 Å². The first-order valence-electron chi connectivity index (χ1n) is 8.63. The van der Waals surface area contributed by atoms with Gasteiger partial charge in [0.15, 0.2) is 5.78 Å². The first kappa shape index (κ1) is 20.3. The number of hydrogen-bond acceptors (Lipinski definition) is 6. The highest BCUT2D eigenvalue weighted by atomic mass is 31.2. The zero-order valence-corrected chi connectivity index (χ0v) is 16.6. The molecule has 0 aliphatic rings. The van der Waals surface area contributed by atoms with Crippen LogP contribution in [0.25, 0.3) is 0 Å². The Balaban J connectivity index is 2.51. The van der Waals surface area contributed by atoms with E-state index in [1.54, 1.807) is 24.3 Å². The van der Waals surface area contributed by atoms with E-state index in [0.717, 1.165) is 11.3 Å². The lowest BCUT2D eigenvalue weighted by molar-refractivity contribution is 0.138. The molecule has 0 saturated carbocycles. The molecule has 0 aliphatic carbocycles. The minimum absolute atomic E-state index is 0.272. The Morgan fingerprint density at radius 2 is 1.42 bits per heavy atom. The molecule has 0 saturated heterocycles. The number of nitrogens with one attached hydrogen (secondary N) is 1. The quantitative estimate of drug-likeness (QED) is 0.442. The summed E-state index contributed by atoms with van der Waals surface area (Å²) in [6.07, 6.45) is -0.545. The van der Waals surface area contributed by atoms with Crippen molar-refractivity contribution >= 4 is 24.7 Å². The lowest BCUT2D eigenvalue weighted by atomic mass is 10.2. The average molecular weight is 377 g/mol. The van der Waals surface area contributed by atoms with Crippen LogP contribution in [0, 0.1) is 0 Å². The van der Waals surface area contributed by atoms with Crippen LogP contribution in [0.3, 0.4) is 0 Å². The Bertz CT molecular complexity index is 766. The number of nitrogen functional groups attached to an aromatic ring is 2. The van der Waals surface area contributed by atoms with E-state index < -0.39 is 13.4 Å². The van der Waals surface area contributed by atoms with Gasteiger partial charge in [-0.2, -0.15) is 0 Å². The summed E-state index contributed by atoms with van der Waals surface area (Å²) in [7, 11) is -3.57. The van der Waals surface area contributed by atoms with Crippen molar-refractivity contribution in [3.05, 3.63) is 54.1 Å². The van der Waals surface area contributed by atoms with Gasteiger partial charge >= 0.3 is 7.60 Å². The molecule has 0 amide bonds. The molecule has 26 heavy (non-hydrogen) atoms. The van der Waals surface area contributed by atoms with Gasteiger partial charge in [-0.05, 0) is 63.6 Å². The third kappa shape index (κ3) is 5.49. The molecule has 0 bridgehead atoms. The molecule has 0 spiro atoms. The Hall–Kier alpha value is -2.01. The average Bonchev–Trinajstić information content (AvgIpc) is 2.51. The maximum Gasteiger partial charge on any atom is 0.357 e.